The van der Waals surface area contributed by atoms with Gasteiger partial charge < -0.3 is 9.29 Å². The first-order chi connectivity index (χ1) is 5.24. The average Bonchev–Trinajstić information content (AvgIpc) is 2.05. The van der Waals surface area contributed by atoms with E-state index in [9.17, 15) is 8.76 Å². The molecule has 1 aromatic carbocycles. The Labute approximate surface area is 95.7 Å². The van der Waals surface area contributed by atoms with Crippen LogP contribution in [0, 0.1) is 0 Å². The van der Waals surface area contributed by atoms with E-state index in [1.54, 1.807) is 12.1 Å². The van der Waals surface area contributed by atoms with Crippen LogP contribution in [0.1, 0.15) is 0 Å². The molecule has 1 unspecified atom stereocenters. The van der Waals surface area contributed by atoms with Crippen LogP contribution in [0.25, 0.3) is 0 Å². The molecule has 0 aromatic heterocycles. The molecule has 12 heavy (non-hydrogen) atoms. The number of ether oxygens (including phenoxy) is 1. The van der Waals surface area contributed by atoms with Crippen molar-refractivity contribution >= 4 is 11.1 Å². The van der Waals surface area contributed by atoms with Gasteiger partial charge in [0.2, 0.25) is 0 Å². The molecule has 1 aromatic rings. The van der Waals surface area contributed by atoms with E-state index in [2.05, 4.69) is 0 Å². The van der Waals surface area contributed by atoms with Gasteiger partial charge >= 0.3 is 29.6 Å². The van der Waals surface area contributed by atoms with Crippen molar-refractivity contribution in [3.63, 3.8) is 0 Å². The van der Waals surface area contributed by atoms with Crippen LogP contribution in [-0.4, -0.2) is 15.9 Å². The Morgan fingerprint density at radius 3 is 2.17 bits per heavy atom. The van der Waals surface area contributed by atoms with E-state index in [1.807, 2.05) is 0 Å². The van der Waals surface area contributed by atoms with Gasteiger partial charge in [0, 0.05) is 4.90 Å². The van der Waals surface area contributed by atoms with E-state index < -0.39 is 11.1 Å². The maximum absolute atomic E-state index is 10.4. The summed E-state index contributed by atoms with van der Waals surface area (Å²) in [6.07, 6.45) is 0. The Kier molecular flexibility index (Phi) is 5.78. The van der Waals surface area contributed by atoms with E-state index in [0.29, 0.717) is 5.75 Å². The van der Waals surface area contributed by atoms with Crippen molar-refractivity contribution in [2.75, 3.05) is 7.11 Å². The van der Waals surface area contributed by atoms with Crippen molar-refractivity contribution in [3.05, 3.63) is 24.3 Å². The summed E-state index contributed by atoms with van der Waals surface area (Å²) >= 11 is -2.14. The molecule has 1 rings (SSSR count). The van der Waals surface area contributed by atoms with Crippen LogP contribution in [-0.2, 0) is 11.1 Å². The topological polar surface area (TPSA) is 49.4 Å². The summed E-state index contributed by atoms with van der Waals surface area (Å²) in [6.45, 7) is 0. The largest absolute Gasteiger partial charge is 1.00 e. The average molecular weight is 194 g/mol. The SMILES string of the molecule is COc1ccc(S(=O)[O-])cc1.[Na+]. The predicted molar refractivity (Wildman–Crippen MR) is 40.2 cm³/mol. The number of methoxy groups -OCH3 is 1. The number of benzene rings is 1. The van der Waals surface area contributed by atoms with E-state index in [4.69, 9.17) is 4.74 Å². The van der Waals surface area contributed by atoms with Crippen molar-refractivity contribution in [1.29, 1.82) is 0 Å². The maximum atomic E-state index is 10.4. The Hall–Kier alpha value is 0.130. The molecule has 0 aliphatic heterocycles. The normalized spacial score (nSPS) is 11.5. The van der Waals surface area contributed by atoms with Gasteiger partial charge in [-0.1, -0.05) is 0 Å². The van der Waals surface area contributed by atoms with Crippen molar-refractivity contribution in [2.24, 2.45) is 0 Å². The molecule has 60 valence electrons. The summed E-state index contributed by atoms with van der Waals surface area (Å²) in [7, 11) is 1.53. The van der Waals surface area contributed by atoms with Crippen molar-refractivity contribution < 1.29 is 43.1 Å². The van der Waals surface area contributed by atoms with Gasteiger partial charge in [0.1, 0.15) is 5.75 Å². The monoisotopic (exact) mass is 194 g/mol. The minimum atomic E-state index is -2.14. The molecule has 0 saturated heterocycles. The van der Waals surface area contributed by atoms with Crippen LogP contribution in [0.2, 0.25) is 0 Å². The number of hydrogen-bond donors (Lipinski definition) is 0. The third kappa shape index (κ3) is 3.25. The smallest absolute Gasteiger partial charge is 0.768 e. The molecule has 5 heteroatoms. The quantitative estimate of drug-likeness (QED) is 0.402. The molecule has 0 N–H and O–H groups in total. The standard InChI is InChI=1S/C7H8O3S.Na/c1-10-6-2-4-7(5-3-6)11(8)9;/h2-5H,1H3,(H,8,9);/q;+1/p-1. The van der Waals surface area contributed by atoms with Gasteiger partial charge in [-0.05, 0) is 35.3 Å². The molecular formula is C7H7NaO3S. The van der Waals surface area contributed by atoms with Crippen molar-refractivity contribution in [2.45, 2.75) is 4.90 Å². The fourth-order valence-corrected chi connectivity index (χ4v) is 1.05. The molecule has 0 saturated carbocycles. The third-order valence-corrected chi connectivity index (χ3v) is 1.91. The minimum absolute atomic E-state index is 0. The first-order valence-electron chi connectivity index (χ1n) is 2.97. The first-order valence-corrected chi connectivity index (χ1v) is 4.05. The fourth-order valence-electron chi connectivity index (χ4n) is 0.687. The summed E-state index contributed by atoms with van der Waals surface area (Å²) in [6, 6.07) is 6.18. The number of hydrogen-bond acceptors (Lipinski definition) is 3. The summed E-state index contributed by atoms with van der Waals surface area (Å²) in [5.41, 5.74) is 0. The molecule has 0 aliphatic rings. The Bertz CT molecular complexity index is 260. The zero-order valence-electron chi connectivity index (χ0n) is 6.94. The summed E-state index contributed by atoms with van der Waals surface area (Å²) in [5, 5.41) is 0. The Morgan fingerprint density at radius 2 is 1.83 bits per heavy atom. The van der Waals surface area contributed by atoms with Gasteiger partial charge in [0.15, 0.2) is 0 Å². The van der Waals surface area contributed by atoms with Crippen LogP contribution >= 0.6 is 0 Å². The number of rotatable bonds is 2. The minimum Gasteiger partial charge on any atom is -0.768 e. The summed E-state index contributed by atoms with van der Waals surface area (Å²) < 4.78 is 25.6. The molecule has 0 heterocycles. The molecular weight excluding hydrogens is 187 g/mol. The fraction of sp³-hybridized carbons (Fsp3) is 0.143. The van der Waals surface area contributed by atoms with E-state index in [1.165, 1.54) is 19.2 Å². The van der Waals surface area contributed by atoms with Gasteiger partial charge in [-0.3, -0.25) is 4.21 Å². The van der Waals surface area contributed by atoms with Gasteiger partial charge in [0.25, 0.3) is 0 Å². The van der Waals surface area contributed by atoms with Crippen LogP contribution in [0.5, 0.6) is 5.75 Å². The molecule has 0 radical (unpaired) electrons. The van der Waals surface area contributed by atoms with Gasteiger partial charge in [-0.2, -0.15) is 0 Å². The second-order valence-electron chi connectivity index (χ2n) is 1.91. The molecule has 1 atom stereocenters. The molecule has 0 spiro atoms. The van der Waals surface area contributed by atoms with Crippen LogP contribution in [0.4, 0.5) is 0 Å². The second-order valence-corrected chi connectivity index (χ2v) is 2.85. The predicted octanol–water partition coefficient (Wildman–Crippen LogP) is -2.06. The van der Waals surface area contributed by atoms with Gasteiger partial charge in [-0.25, -0.2) is 0 Å². The summed E-state index contributed by atoms with van der Waals surface area (Å²) in [5.74, 6) is 0.652. The molecule has 0 aliphatic carbocycles. The van der Waals surface area contributed by atoms with Crippen LogP contribution in [0.3, 0.4) is 0 Å². The molecule has 3 nitrogen and oxygen atoms in total. The molecule has 0 bridgehead atoms. The molecule has 0 amide bonds. The van der Waals surface area contributed by atoms with Crippen molar-refractivity contribution in [3.8, 4) is 5.75 Å². The van der Waals surface area contributed by atoms with Crippen LogP contribution in [0.15, 0.2) is 29.2 Å². The van der Waals surface area contributed by atoms with Gasteiger partial charge in [-0.15, -0.1) is 0 Å². The van der Waals surface area contributed by atoms with E-state index >= 15 is 0 Å². The van der Waals surface area contributed by atoms with Gasteiger partial charge in [0.05, 0.1) is 7.11 Å². The Balaban J connectivity index is 0.00000121. The Morgan fingerprint density at radius 1 is 1.33 bits per heavy atom. The first kappa shape index (κ1) is 12.1. The van der Waals surface area contributed by atoms with E-state index in [0.717, 1.165) is 0 Å². The third-order valence-electron chi connectivity index (χ3n) is 1.25. The second kappa shape index (κ2) is 5.72. The zero-order valence-corrected chi connectivity index (χ0v) is 9.76. The van der Waals surface area contributed by atoms with Crippen LogP contribution < -0.4 is 34.3 Å². The van der Waals surface area contributed by atoms with Crippen molar-refractivity contribution in [1.82, 2.24) is 0 Å². The zero-order chi connectivity index (χ0) is 8.27. The summed E-state index contributed by atoms with van der Waals surface area (Å²) in [4.78, 5) is 0.269. The molecule has 0 fully saturated rings. The van der Waals surface area contributed by atoms with E-state index in [-0.39, 0.29) is 34.5 Å². The maximum Gasteiger partial charge on any atom is 1.00 e.